The molecule has 0 spiro atoms. The van der Waals surface area contributed by atoms with E-state index >= 15 is 0 Å². The van der Waals surface area contributed by atoms with Gasteiger partial charge in [-0.25, -0.2) is 21.1 Å². The number of aromatic nitrogens is 1. The summed E-state index contributed by atoms with van der Waals surface area (Å²) in [5.41, 5.74) is -2.35. The third-order valence-electron chi connectivity index (χ3n) is 3.77. The van der Waals surface area contributed by atoms with Crippen LogP contribution in [0, 0.1) is 0 Å². The van der Waals surface area contributed by atoms with Gasteiger partial charge in [0.25, 0.3) is 11.5 Å². The van der Waals surface area contributed by atoms with Gasteiger partial charge in [-0.3, -0.25) is 9.59 Å². The number of fused-ring (bicyclic) bond motifs is 1. The summed E-state index contributed by atoms with van der Waals surface area (Å²) in [6.45, 7) is 0. The fourth-order valence-corrected chi connectivity index (χ4v) is 5.71. The van der Waals surface area contributed by atoms with Crippen LogP contribution < -0.4 is 9.86 Å². The van der Waals surface area contributed by atoms with Crippen molar-refractivity contribution < 1.29 is 26.7 Å². The summed E-state index contributed by atoms with van der Waals surface area (Å²) >= 11 is 0.881. The number of hydrogen-bond donors (Lipinski definition) is 1. The molecule has 1 aromatic carbocycles. The second-order valence-electron chi connectivity index (χ2n) is 5.86. The number of hydrogen-bond acceptors (Lipinski definition) is 8. The lowest BCUT2D eigenvalue weighted by Crippen LogP contribution is -2.41. The van der Waals surface area contributed by atoms with Crippen LogP contribution in [0.1, 0.15) is 10.4 Å². The van der Waals surface area contributed by atoms with Gasteiger partial charge in [0.05, 0.1) is 23.6 Å². The van der Waals surface area contributed by atoms with Crippen molar-refractivity contribution in [3.05, 3.63) is 57.7 Å². The van der Waals surface area contributed by atoms with Crippen molar-refractivity contribution in [1.29, 1.82) is 0 Å². The SMILES string of the molecule is CS(=O)(=O)N(C(=O)c1c(O)c2ccsc2n(S(C)(=O)=O)c1=O)c1ccccc1. The molecular weight excluding hydrogens is 428 g/mol. The van der Waals surface area contributed by atoms with Gasteiger partial charge in [-0.2, -0.15) is 3.97 Å². The van der Waals surface area contributed by atoms with E-state index < -0.39 is 42.8 Å². The number of carbonyl (C=O) groups is 1. The van der Waals surface area contributed by atoms with E-state index in [2.05, 4.69) is 0 Å². The smallest absolute Gasteiger partial charge is 0.282 e. The zero-order valence-corrected chi connectivity index (χ0v) is 17.0. The van der Waals surface area contributed by atoms with E-state index in [1.54, 1.807) is 6.07 Å². The Morgan fingerprint density at radius 3 is 2.21 bits per heavy atom. The van der Waals surface area contributed by atoms with E-state index in [0.717, 1.165) is 23.8 Å². The summed E-state index contributed by atoms with van der Waals surface area (Å²) in [5.74, 6) is -2.14. The van der Waals surface area contributed by atoms with Crippen molar-refractivity contribution in [3.63, 3.8) is 0 Å². The van der Waals surface area contributed by atoms with Crippen molar-refractivity contribution in [2.24, 2.45) is 0 Å². The molecule has 1 N–H and O–H groups in total. The van der Waals surface area contributed by atoms with Crippen molar-refractivity contribution in [1.82, 2.24) is 3.97 Å². The van der Waals surface area contributed by atoms with Gasteiger partial charge in [0.1, 0.15) is 16.1 Å². The number of para-hydroxylation sites is 1. The molecule has 9 nitrogen and oxygen atoms in total. The van der Waals surface area contributed by atoms with Crippen molar-refractivity contribution in [2.75, 3.05) is 16.8 Å². The third-order valence-corrected chi connectivity index (χ3v) is 6.84. The molecule has 0 fully saturated rings. The first kappa shape index (κ1) is 20.0. The average molecular weight is 442 g/mol. The first-order valence-corrected chi connectivity index (χ1v) is 12.2. The number of nitrogens with zero attached hydrogens (tertiary/aromatic N) is 2. The maximum Gasteiger partial charge on any atom is 0.282 e. The first-order chi connectivity index (χ1) is 12.9. The Morgan fingerprint density at radius 1 is 1.07 bits per heavy atom. The molecule has 148 valence electrons. The molecule has 0 radical (unpaired) electrons. The molecule has 0 atom stereocenters. The molecule has 0 saturated carbocycles. The highest BCUT2D eigenvalue weighted by Crippen LogP contribution is 2.32. The Balaban J connectivity index is 2.40. The molecule has 12 heteroatoms. The van der Waals surface area contributed by atoms with E-state index in [9.17, 15) is 31.5 Å². The predicted molar refractivity (Wildman–Crippen MR) is 106 cm³/mol. The molecular formula is C16H14N2O7S3. The van der Waals surface area contributed by atoms with Gasteiger partial charge in [-0.15, -0.1) is 11.3 Å². The van der Waals surface area contributed by atoms with Gasteiger partial charge >= 0.3 is 0 Å². The summed E-state index contributed by atoms with van der Waals surface area (Å²) in [6, 6.07) is 8.55. The molecule has 0 aliphatic rings. The number of carbonyl (C=O) groups excluding carboxylic acids is 1. The second-order valence-corrected chi connectivity index (χ2v) is 10.4. The van der Waals surface area contributed by atoms with E-state index in [4.69, 9.17) is 0 Å². The van der Waals surface area contributed by atoms with Crippen molar-refractivity contribution in [3.8, 4) is 5.75 Å². The average Bonchev–Trinajstić information content (AvgIpc) is 3.02. The third kappa shape index (κ3) is 3.30. The van der Waals surface area contributed by atoms with E-state index in [0.29, 0.717) is 8.28 Å². The van der Waals surface area contributed by atoms with Crippen LogP contribution in [0.25, 0.3) is 10.2 Å². The van der Waals surface area contributed by atoms with Crippen molar-refractivity contribution in [2.45, 2.75) is 0 Å². The number of anilines is 1. The molecule has 0 aliphatic carbocycles. The topological polar surface area (TPSA) is 131 Å². The van der Waals surface area contributed by atoms with Gasteiger partial charge in [0, 0.05) is 0 Å². The summed E-state index contributed by atoms with van der Waals surface area (Å²) in [7, 11) is -8.35. The van der Waals surface area contributed by atoms with Gasteiger partial charge in [0.15, 0.2) is 0 Å². The second kappa shape index (κ2) is 6.72. The number of thiophene rings is 1. The minimum Gasteiger partial charge on any atom is -0.506 e. The zero-order chi connectivity index (χ0) is 20.9. The van der Waals surface area contributed by atoms with Gasteiger partial charge in [-0.05, 0) is 23.6 Å². The number of amides is 1. The Kier molecular flexibility index (Phi) is 4.81. The number of aromatic hydroxyl groups is 1. The quantitative estimate of drug-likeness (QED) is 0.642. The Labute approximate surface area is 164 Å². The van der Waals surface area contributed by atoms with E-state index in [-0.39, 0.29) is 15.9 Å². The lowest BCUT2D eigenvalue weighted by Gasteiger charge is -2.21. The predicted octanol–water partition coefficient (Wildman–Crippen LogP) is 1.18. The molecule has 3 rings (SSSR count). The maximum absolute atomic E-state index is 13.1. The van der Waals surface area contributed by atoms with Crippen LogP contribution in [0.3, 0.4) is 0 Å². The van der Waals surface area contributed by atoms with Crippen LogP contribution in [0.15, 0.2) is 46.6 Å². The fourth-order valence-electron chi connectivity index (χ4n) is 2.69. The summed E-state index contributed by atoms with van der Waals surface area (Å²) in [6.07, 6.45) is 1.53. The minimum absolute atomic E-state index is 0.0557. The molecule has 1 amide bonds. The number of benzene rings is 1. The number of rotatable bonds is 4. The standard InChI is InChI=1S/C16H14N2O7S3/c1-27(22,23)17(10-6-4-3-5-7-10)14(20)12-13(19)11-8-9-26-16(11)18(15(12)21)28(2,24)25/h3-9,19H,1-2H3. The molecule has 3 aromatic rings. The monoisotopic (exact) mass is 442 g/mol. The lowest BCUT2D eigenvalue weighted by molar-refractivity contribution is 0.100. The summed E-state index contributed by atoms with van der Waals surface area (Å²) < 4.78 is 49.5. The van der Waals surface area contributed by atoms with E-state index in [1.807, 2.05) is 0 Å². The van der Waals surface area contributed by atoms with Crippen LogP contribution in [-0.2, 0) is 20.0 Å². The Bertz CT molecular complexity index is 1350. The van der Waals surface area contributed by atoms with Crippen LogP contribution in [0.4, 0.5) is 5.69 Å². The van der Waals surface area contributed by atoms with E-state index in [1.165, 1.54) is 35.7 Å². The van der Waals surface area contributed by atoms with Gasteiger partial charge in [-0.1, -0.05) is 18.2 Å². The first-order valence-electron chi connectivity index (χ1n) is 7.60. The maximum atomic E-state index is 13.1. The Hall–Kier alpha value is -2.70. The number of pyridine rings is 1. The largest absolute Gasteiger partial charge is 0.506 e. The molecule has 2 aromatic heterocycles. The van der Waals surface area contributed by atoms with Gasteiger partial charge < -0.3 is 5.11 Å². The molecule has 28 heavy (non-hydrogen) atoms. The highest BCUT2D eigenvalue weighted by atomic mass is 32.2. The molecule has 0 saturated heterocycles. The van der Waals surface area contributed by atoms with Crippen LogP contribution in [-0.4, -0.2) is 44.3 Å². The number of sulfonamides is 1. The van der Waals surface area contributed by atoms with Crippen molar-refractivity contribution >= 4 is 53.2 Å². The summed E-state index contributed by atoms with van der Waals surface area (Å²) in [5, 5.41) is 11.9. The highest BCUT2D eigenvalue weighted by Gasteiger charge is 2.34. The lowest BCUT2D eigenvalue weighted by atomic mass is 10.2. The van der Waals surface area contributed by atoms with Crippen LogP contribution >= 0.6 is 11.3 Å². The molecule has 0 bridgehead atoms. The fraction of sp³-hybridized carbons (Fsp3) is 0.125. The zero-order valence-electron chi connectivity index (χ0n) is 14.6. The van der Waals surface area contributed by atoms with Crippen LogP contribution in [0.5, 0.6) is 5.75 Å². The Morgan fingerprint density at radius 2 is 1.68 bits per heavy atom. The highest BCUT2D eigenvalue weighted by molar-refractivity contribution is 7.92. The molecule has 0 aliphatic heterocycles. The van der Waals surface area contributed by atoms with Gasteiger partial charge in [0.2, 0.25) is 20.0 Å². The molecule has 0 unspecified atom stereocenters. The summed E-state index contributed by atoms with van der Waals surface area (Å²) in [4.78, 5) is 25.8. The van der Waals surface area contributed by atoms with Crippen LogP contribution in [0.2, 0.25) is 0 Å². The molecule has 2 heterocycles. The minimum atomic E-state index is -4.21. The normalized spacial score (nSPS) is 12.2.